The molecular formula is C9H15N2O. The summed E-state index contributed by atoms with van der Waals surface area (Å²) >= 11 is 0. The molecule has 0 saturated carbocycles. The van der Waals surface area contributed by atoms with Crippen LogP contribution in [0.4, 0.5) is 5.88 Å². The van der Waals surface area contributed by atoms with Crippen LogP contribution < -0.4 is 5.32 Å². The fourth-order valence-corrected chi connectivity index (χ4v) is 0.987. The van der Waals surface area contributed by atoms with Gasteiger partial charge in [0.2, 0.25) is 5.88 Å². The van der Waals surface area contributed by atoms with Gasteiger partial charge in [0, 0.05) is 12.1 Å². The van der Waals surface area contributed by atoms with Gasteiger partial charge < -0.3 is 9.84 Å². The zero-order valence-corrected chi connectivity index (χ0v) is 7.68. The molecule has 1 aromatic rings. The zero-order chi connectivity index (χ0) is 8.81. The molecule has 67 valence electrons. The van der Waals surface area contributed by atoms with E-state index in [1.807, 2.05) is 0 Å². The summed E-state index contributed by atoms with van der Waals surface area (Å²) in [5, 5.41) is 6.79. The van der Waals surface area contributed by atoms with E-state index >= 15 is 0 Å². The molecule has 0 aliphatic rings. The third-order valence-corrected chi connectivity index (χ3v) is 1.76. The third kappa shape index (κ3) is 2.26. The normalized spacial score (nSPS) is 10.2. The van der Waals surface area contributed by atoms with Crippen LogP contribution in [0.3, 0.4) is 0 Å². The Labute approximate surface area is 73.1 Å². The molecule has 0 bridgehead atoms. The van der Waals surface area contributed by atoms with Crippen molar-refractivity contribution in [2.75, 3.05) is 11.9 Å². The van der Waals surface area contributed by atoms with E-state index < -0.39 is 0 Å². The van der Waals surface area contributed by atoms with Gasteiger partial charge in [0.05, 0.1) is 0 Å². The van der Waals surface area contributed by atoms with Gasteiger partial charge in [-0.3, -0.25) is 0 Å². The molecular weight excluding hydrogens is 152 g/mol. The summed E-state index contributed by atoms with van der Waals surface area (Å²) in [5.41, 5.74) is 1.03. The highest BCUT2D eigenvalue weighted by Crippen LogP contribution is 2.13. The van der Waals surface area contributed by atoms with Crippen molar-refractivity contribution in [3.63, 3.8) is 0 Å². The minimum absolute atomic E-state index is 0.783. The van der Waals surface area contributed by atoms with E-state index in [-0.39, 0.29) is 0 Å². The van der Waals surface area contributed by atoms with Crippen molar-refractivity contribution in [3.8, 4) is 0 Å². The Bertz CT molecular complexity index is 220. The van der Waals surface area contributed by atoms with E-state index in [0.29, 0.717) is 0 Å². The van der Waals surface area contributed by atoms with Crippen LogP contribution in [0.15, 0.2) is 4.52 Å². The molecule has 0 aromatic carbocycles. The van der Waals surface area contributed by atoms with Crippen LogP contribution in [-0.4, -0.2) is 11.7 Å². The van der Waals surface area contributed by atoms with Crippen molar-refractivity contribution in [2.45, 2.75) is 33.1 Å². The second-order valence-electron chi connectivity index (χ2n) is 2.74. The molecule has 1 N–H and O–H groups in total. The number of rotatable bonds is 5. The van der Waals surface area contributed by atoms with Gasteiger partial charge in [-0.25, -0.2) is 0 Å². The lowest BCUT2D eigenvalue weighted by Crippen LogP contribution is -2.01. The van der Waals surface area contributed by atoms with Crippen molar-refractivity contribution < 1.29 is 4.52 Å². The number of hydrogen-bond donors (Lipinski definition) is 1. The van der Waals surface area contributed by atoms with Crippen molar-refractivity contribution in [3.05, 3.63) is 11.8 Å². The predicted octanol–water partition coefficient (Wildman–Crippen LogP) is 2.25. The number of aromatic nitrogens is 1. The Morgan fingerprint density at radius 2 is 2.33 bits per heavy atom. The molecule has 1 heterocycles. The van der Waals surface area contributed by atoms with Gasteiger partial charge in [-0.15, -0.1) is 0 Å². The first-order valence-electron chi connectivity index (χ1n) is 4.48. The van der Waals surface area contributed by atoms with E-state index in [1.165, 1.54) is 6.42 Å². The van der Waals surface area contributed by atoms with Crippen LogP contribution in [0.5, 0.6) is 0 Å². The van der Waals surface area contributed by atoms with E-state index in [2.05, 4.69) is 30.5 Å². The van der Waals surface area contributed by atoms with Crippen LogP contribution in [0, 0.1) is 6.20 Å². The summed E-state index contributed by atoms with van der Waals surface area (Å²) in [5.74, 6) is 0.783. The predicted molar refractivity (Wildman–Crippen MR) is 48.1 cm³/mol. The number of nitrogens with one attached hydrogen (secondary N) is 1. The van der Waals surface area contributed by atoms with Crippen LogP contribution in [0.2, 0.25) is 0 Å². The van der Waals surface area contributed by atoms with Gasteiger partial charge in [-0.05, 0) is 12.8 Å². The number of aryl methyl sites for hydroxylation is 1. The molecule has 12 heavy (non-hydrogen) atoms. The molecule has 1 aromatic heterocycles. The first-order chi connectivity index (χ1) is 5.88. The van der Waals surface area contributed by atoms with Gasteiger partial charge in [0.1, 0.15) is 6.20 Å². The SMILES string of the molecule is CCCCNc1on[c]c1CC. The lowest BCUT2D eigenvalue weighted by atomic mass is 10.2. The van der Waals surface area contributed by atoms with Crippen molar-refractivity contribution in [2.24, 2.45) is 0 Å². The molecule has 3 heteroatoms. The molecule has 0 atom stereocenters. The Kier molecular flexibility index (Phi) is 3.64. The van der Waals surface area contributed by atoms with Crippen LogP contribution in [0.25, 0.3) is 0 Å². The van der Waals surface area contributed by atoms with Gasteiger partial charge in [0.15, 0.2) is 0 Å². The Morgan fingerprint density at radius 1 is 1.50 bits per heavy atom. The van der Waals surface area contributed by atoms with Gasteiger partial charge in [-0.2, -0.15) is 0 Å². The zero-order valence-electron chi connectivity index (χ0n) is 7.68. The summed E-state index contributed by atoms with van der Waals surface area (Å²) in [6.45, 7) is 5.18. The maximum Gasteiger partial charge on any atom is 0.228 e. The second-order valence-corrected chi connectivity index (χ2v) is 2.74. The average Bonchev–Trinajstić information content (AvgIpc) is 2.52. The Hall–Kier alpha value is -0.990. The average molecular weight is 167 g/mol. The molecule has 3 nitrogen and oxygen atoms in total. The highest BCUT2D eigenvalue weighted by Gasteiger charge is 2.04. The minimum atomic E-state index is 0.783. The Balaban J connectivity index is 2.39. The molecule has 0 saturated heterocycles. The largest absolute Gasteiger partial charge is 0.354 e. The van der Waals surface area contributed by atoms with E-state index in [4.69, 9.17) is 4.52 Å². The highest BCUT2D eigenvalue weighted by molar-refractivity contribution is 5.38. The molecule has 0 spiro atoms. The lowest BCUT2D eigenvalue weighted by Gasteiger charge is -2.01. The number of unbranched alkanes of at least 4 members (excludes halogenated alkanes) is 1. The van der Waals surface area contributed by atoms with Crippen LogP contribution >= 0.6 is 0 Å². The third-order valence-electron chi connectivity index (χ3n) is 1.76. The smallest absolute Gasteiger partial charge is 0.228 e. The van der Waals surface area contributed by atoms with Gasteiger partial charge in [-0.1, -0.05) is 25.4 Å². The highest BCUT2D eigenvalue weighted by atomic mass is 16.5. The second kappa shape index (κ2) is 4.80. The maximum atomic E-state index is 4.99. The van der Waals surface area contributed by atoms with Crippen molar-refractivity contribution in [1.82, 2.24) is 5.16 Å². The Morgan fingerprint density at radius 3 is 3.00 bits per heavy atom. The van der Waals surface area contributed by atoms with Crippen LogP contribution in [0.1, 0.15) is 32.3 Å². The van der Waals surface area contributed by atoms with Gasteiger partial charge >= 0.3 is 0 Å². The fraction of sp³-hybridized carbons (Fsp3) is 0.667. The van der Waals surface area contributed by atoms with Crippen molar-refractivity contribution >= 4 is 5.88 Å². The standard InChI is InChI=1S/C9H15N2O/c1-3-5-6-10-9-8(4-2)7-11-12-9/h10H,3-6H2,1-2H3. The molecule has 1 radical (unpaired) electrons. The molecule has 0 fully saturated rings. The number of hydrogen-bond acceptors (Lipinski definition) is 3. The molecule has 1 rings (SSSR count). The molecule has 0 aliphatic heterocycles. The number of nitrogens with zero attached hydrogens (tertiary/aromatic N) is 1. The minimum Gasteiger partial charge on any atom is -0.354 e. The molecule has 0 aliphatic carbocycles. The number of anilines is 1. The van der Waals surface area contributed by atoms with E-state index in [1.54, 1.807) is 0 Å². The fourth-order valence-electron chi connectivity index (χ4n) is 0.987. The van der Waals surface area contributed by atoms with Gasteiger partial charge in [0.25, 0.3) is 0 Å². The van der Waals surface area contributed by atoms with Crippen LogP contribution in [-0.2, 0) is 6.42 Å². The van der Waals surface area contributed by atoms with Crippen molar-refractivity contribution in [1.29, 1.82) is 0 Å². The first kappa shape index (κ1) is 9.10. The summed E-state index contributed by atoms with van der Waals surface area (Å²) in [4.78, 5) is 0. The summed E-state index contributed by atoms with van der Waals surface area (Å²) < 4.78 is 4.99. The lowest BCUT2D eigenvalue weighted by molar-refractivity contribution is 0.429. The summed E-state index contributed by atoms with van der Waals surface area (Å²) in [7, 11) is 0. The monoisotopic (exact) mass is 167 g/mol. The molecule has 0 amide bonds. The molecule has 0 unspecified atom stereocenters. The quantitative estimate of drug-likeness (QED) is 0.683. The first-order valence-corrected chi connectivity index (χ1v) is 4.48. The summed E-state index contributed by atoms with van der Waals surface area (Å²) in [6, 6.07) is 0. The van der Waals surface area contributed by atoms with E-state index in [0.717, 1.165) is 30.8 Å². The topological polar surface area (TPSA) is 38.1 Å². The van der Waals surface area contributed by atoms with E-state index in [9.17, 15) is 0 Å². The maximum absolute atomic E-state index is 4.99. The summed E-state index contributed by atoms with van der Waals surface area (Å²) in [6.07, 6.45) is 6.06.